The van der Waals surface area contributed by atoms with Crippen molar-refractivity contribution in [1.82, 2.24) is 4.90 Å². The first kappa shape index (κ1) is 29.2. The third kappa shape index (κ3) is 7.59. The number of carbonyl (C=O) groups is 1. The van der Waals surface area contributed by atoms with Crippen molar-refractivity contribution in [2.45, 2.75) is 50.5 Å². The number of benzene rings is 2. The van der Waals surface area contributed by atoms with E-state index >= 15 is 0 Å². The Morgan fingerprint density at radius 3 is 2.53 bits per heavy atom. The quantitative estimate of drug-likeness (QED) is 0.0879. The molecule has 0 spiro atoms. The van der Waals surface area contributed by atoms with Crippen LogP contribution in [0, 0.1) is 17.0 Å². The van der Waals surface area contributed by atoms with Crippen LogP contribution in [0.5, 0.6) is 0 Å². The minimum Gasteiger partial charge on any atom is -0.483 e. The summed E-state index contributed by atoms with van der Waals surface area (Å²) >= 11 is -2.14. The van der Waals surface area contributed by atoms with Crippen LogP contribution >= 0.6 is 0 Å². The Morgan fingerprint density at radius 2 is 1.95 bits per heavy atom. The average Bonchev–Trinajstić information content (AvgIpc) is 3.36. The van der Waals surface area contributed by atoms with Gasteiger partial charge in [-0.15, -0.1) is 0 Å². The zero-order chi connectivity index (χ0) is 27.8. The summed E-state index contributed by atoms with van der Waals surface area (Å²) in [4.78, 5) is 15.0. The number of nitrogens with zero attached hydrogens (tertiary/aromatic N) is 1. The molecule has 0 radical (unpaired) electrons. The number of allylic oxidation sites excluding steroid dienone is 1. The number of carbonyl (C=O) groups excluding carboxylic acids is 1. The highest BCUT2D eigenvalue weighted by Crippen LogP contribution is 2.28. The first-order valence-corrected chi connectivity index (χ1v) is 13.5. The molecule has 206 valence electrons. The molecule has 2 aromatic rings. The lowest BCUT2D eigenvalue weighted by Crippen LogP contribution is -2.36. The summed E-state index contributed by atoms with van der Waals surface area (Å²) < 4.78 is 54.5. The second-order valence-electron chi connectivity index (χ2n) is 9.02. The highest BCUT2D eigenvalue weighted by Gasteiger charge is 2.27. The zero-order valence-electron chi connectivity index (χ0n) is 21.1. The normalized spacial score (nSPS) is 15.9. The van der Waals surface area contributed by atoms with Gasteiger partial charge >= 0.3 is 0 Å². The molecule has 1 saturated carbocycles. The Bertz CT molecular complexity index is 1200. The van der Waals surface area contributed by atoms with Gasteiger partial charge in [0, 0.05) is 42.8 Å². The number of likely N-dealkylation sites (N-methyl/N-ethyl adjacent to an activating group) is 1. The van der Waals surface area contributed by atoms with Gasteiger partial charge in [-0.3, -0.25) is 4.79 Å². The molecule has 0 aromatic heterocycles. The maximum absolute atomic E-state index is 13.7. The number of rotatable bonds is 12. The summed E-state index contributed by atoms with van der Waals surface area (Å²) in [6.45, 7) is 2.27. The van der Waals surface area contributed by atoms with Crippen LogP contribution in [0.2, 0.25) is 0 Å². The Labute approximate surface area is 223 Å². The topological polar surface area (TPSA) is 155 Å². The van der Waals surface area contributed by atoms with Crippen molar-refractivity contribution >= 4 is 34.6 Å². The summed E-state index contributed by atoms with van der Waals surface area (Å²) in [6, 6.07) is 6.99. The number of nitrogen functional groups attached to an aromatic ring is 1. The van der Waals surface area contributed by atoms with Crippen LogP contribution < -0.4 is 16.8 Å². The molecule has 2 aromatic carbocycles. The lowest BCUT2D eigenvalue weighted by Gasteiger charge is -2.30. The van der Waals surface area contributed by atoms with E-state index in [2.05, 4.69) is 5.32 Å². The van der Waals surface area contributed by atoms with E-state index in [9.17, 15) is 22.3 Å². The standard InChI is InChI=1S/C26H33F2N5O4S/c1-2-33(14-23(31)20-8-5-9-22(30)21(20)15-38(35)36)24(13-29)25(37-19-6-3-4-7-19)26(34)32-18-11-16(27)10-17(28)12-18/h5,8-13,19,23,29H,2-4,6-7,14-15,30-31H2,1H3,(H,32,34)(H,35,36). The van der Waals surface area contributed by atoms with E-state index in [1.54, 1.807) is 23.1 Å². The minimum atomic E-state index is -2.14. The molecule has 3 rings (SSSR count). The second-order valence-corrected chi connectivity index (χ2v) is 9.95. The van der Waals surface area contributed by atoms with Crippen LogP contribution in [-0.2, 0) is 26.4 Å². The van der Waals surface area contributed by atoms with Gasteiger partial charge in [0.1, 0.15) is 17.3 Å². The van der Waals surface area contributed by atoms with Gasteiger partial charge < -0.3 is 36.4 Å². The number of hydrogen-bond donors (Lipinski definition) is 5. The smallest absolute Gasteiger partial charge is 0.293 e. The molecule has 9 nitrogen and oxygen atoms in total. The van der Waals surface area contributed by atoms with Gasteiger partial charge in [-0.1, -0.05) is 12.1 Å². The molecule has 0 heterocycles. The molecule has 38 heavy (non-hydrogen) atoms. The molecule has 2 atom stereocenters. The van der Waals surface area contributed by atoms with Gasteiger partial charge in [-0.25, -0.2) is 13.0 Å². The molecular formula is C26H33F2N5O4S. The molecule has 0 saturated heterocycles. The van der Waals surface area contributed by atoms with Crippen molar-refractivity contribution in [1.29, 1.82) is 5.41 Å². The fourth-order valence-electron chi connectivity index (χ4n) is 4.51. The van der Waals surface area contributed by atoms with Crippen molar-refractivity contribution < 1.29 is 27.1 Å². The summed E-state index contributed by atoms with van der Waals surface area (Å²) in [7, 11) is 0. The molecule has 1 amide bonds. The lowest BCUT2D eigenvalue weighted by atomic mass is 9.99. The maximum atomic E-state index is 13.7. The largest absolute Gasteiger partial charge is 0.483 e. The average molecular weight is 550 g/mol. The van der Waals surface area contributed by atoms with Crippen LogP contribution in [-0.4, -0.2) is 45.0 Å². The number of amides is 1. The van der Waals surface area contributed by atoms with Crippen molar-refractivity contribution in [2.75, 3.05) is 24.1 Å². The lowest BCUT2D eigenvalue weighted by molar-refractivity contribution is -0.117. The molecule has 1 fully saturated rings. The number of nitrogens with two attached hydrogens (primary N) is 2. The predicted molar refractivity (Wildman–Crippen MR) is 144 cm³/mol. The van der Waals surface area contributed by atoms with E-state index in [-0.39, 0.29) is 35.5 Å². The summed E-state index contributed by atoms with van der Waals surface area (Å²) in [5.41, 5.74) is 13.9. The number of hydrogen-bond acceptors (Lipinski definition) is 7. The van der Waals surface area contributed by atoms with Crippen LogP contribution in [0.4, 0.5) is 20.2 Å². The van der Waals surface area contributed by atoms with Crippen LogP contribution in [0.15, 0.2) is 47.9 Å². The number of halogens is 2. The van der Waals surface area contributed by atoms with Crippen molar-refractivity contribution in [2.24, 2.45) is 5.73 Å². The molecule has 12 heteroatoms. The third-order valence-corrected chi connectivity index (χ3v) is 6.87. The molecule has 0 aliphatic heterocycles. The Balaban J connectivity index is 1.96. The maximum Gasteiger partial charge on any atom is 0.293 e. The Morgan fingerprint density at radius 1 is 1.29 bits per heavy atom. The molecule has 1 aliphatic rings. The Hall–Kier alpha value is -3.35. The summed E-state index contributed by atoms with van der Waals surface area (Å²) in [5.74, 6) is -2.81. The van der Waals surface area contributed by atoms with E-state index in [1.807, 2.05) is 6.92 Å². The molecule has 0 bridgehead atoms. The fraction of sp³-hybridized carbons (Fsp3) is 0.385. The van der Waals surface area contributed by atoms with E-state index in [0.29, 0.717) is 29.4 Å². The first-order valence-electron chi connectivity index (χ1n) is 12.3. The second kappa shape index (κ2) is 13.4. The van der Waals surface area contributed by atoms with Crippen LogP contribution in [0.1, 0.15) is 49.8 Å². The van der Waals surface area contributed by atoms with Crippen LogP contribution in [0.25, 0.3) is 0 Å². The predicted octanol–water partition coefficient (Wildman–Crippen LogP) is 4.05. The summed E-state index contributed by atoms with van der Waals surface area (Å²) in [5, 5.41) is 10.6. The number of anilines is 2. The monoisotopic (exact) mass is 549 g/mol. The van der Waals surface area contributed by atoms with Crippen molar-refractivity contribution in [3.63, 3.8) is 0 Å². The van der Waals surface area contributed by atoms with Gasteiger partial charge in [-0.2, -0.15) is 0 Å². The van der Waals surface area contributed by atoms with E-state index < -0.39 is 34.7 Å². The number of nitrogens with one attached hydrogen (secondary N) is 2. The van der Waals surface area contributed by atoms with E-state index in [0.717, 1.165) is 44.0 Å². The van der Waals surface area contributed by atoms with Gasteiger partial charge in [-0.05, 0) is 61.9 Å². The molecule has 7 N–H and O–H groups in total. The molecular weight excluding hydrogens is 516 g/mol. The first-order chi connectivity index (χ1) is 18.1. The van der Waals surface area contributed by atoms with Gasteiger partial charge in [0.15, 0.2) is 11.1 Å². The van der Waals surface area contributed by atoms with E-state index in [4.69, 9.17) is 21.6 Å². The van der Waals surface area contributed by atoms with E-state index in [1.165, 1.54) is 0 Å². The summed E-state index contributed by atoms with van der Waals surface area (Å²) in [6.07, 6.45) is 4.06. The third-order valence-electron chi connectivity index (χ3n) is 6.34. The van der Waals surface area contributed by atoms with Gasteiger partial charge in [0.2, 0.25) is 5.76 Å². The van der Waals surface area contributed by atoms with Crippen LogP contribution in [0.3, 0.4) is 0 Å². The van der Waals surface area contributed by atoms with Gasteiger partial charge in [0.25, 0.3) is 5.91 Å². The minimum absolute atomic E-state index is 0.0921. The van der Waals surface area contributed by atoms with Gasteiger partial charge in [0.05, 0.1) is 11.9 Å². The highest BCUT2D eigenvalue weighted by atomic mass is 32.2. The van der Waals surface area contributed by atoms with Crippen molar-refractivity contribution in [3.8, 4) is 0 Å². The van der Waals surface area contributed by atoms with Crippen molar-refractivity contribution in [3.05, 3.63) is 70.6 Å². The highest BCUT2D eigenvalue weighted by molar-refractivity contribution is 7.78. The SMILES string of the molecule is CCN(CC(N)c1cccc(N)c1CS(=O)O)C(C=N)=C(OC1CCCC1)C(=O)Nc1cc(F)cc(F)c1. The fourth-order valence-corrected chi connectivity index (χ4v) is 5.09. The molecule has 1 aliphatic carbocycles. The Kier molecular flexibility index (Phi) is 10.3. The molecule has 2 unspecified atom stereocenters. The number of ether oxygens (including phenoxy) is 1. The zero-order valence-corrected chi connectivity index (χ0v) is 21.9.